The van der Waals surface area contributed by atoms with Gasteiger partial charge in [-0.15, -0.1) is 0 Å². The molecule has 0 unspecified atom stereocenters. The highest BCUT2D eigenvalue weighted by atomic mass is 14.7. The van der Waals surface area contributed by atoms with Crippen molar-refractivity contribution in [1.29, 1.82) is 0 Å². The highest BCUT2D eigenvalue weighted by Crippen LogP contribution is 2.70. The molecule has 0 heteroatoms. The smallest absolute Gasteiger partial charge is 0.0139 e. The molecule has 0 heterocycles. The molecule has 15 heavy (non-hydrogen) atoms. The van der Waals surface area contributed by atoms with E-state index in [4.69, 9.17) is 0 Å². The average Bonchev–Trinajstić information content (AvgIpc) is 2.55. The average molecular weight is 204 g/mol. The maximum atomic E-state index is 4.36. The zero-order valence-corrected chi connectivity index (χ0v) is 10.4. The van der Waals surface area contributed by atoms with Crippen molar-refractivity contribution >= 4 is 0 Å². The first-order valence-electron chi connectivity index (χ1n) is 6.71. The minimum absolute atomic E-state index is 0.635. The molecule has 0 radical (unpaired) electrons. The van der Waals surface area contributed by atoms with Crippen LogP contribution in [0.2, 0.25) is 0 Å². The van der Waals surface area contributed by atoms with E-state index in [1.165, 1.54) is 25.7 Å². The predicted molar refractivity (Wildman–Crippen MR) is 64.5 cm³/mol. The standard InChI is InChI=1S/C15H24/c1-9-6-8-12-14(15(12,3)4)13-10(2)5-7-11(9)13/h9,11-14H,2,5-8H2,1,3-4H3/t9-,11-,12-,13-,14-/m0/s1. The van der Waals surface area contributed by atoms with Gasteiger partial charge in [-0.3, -0.25) is 0 Å². The molecule has 3 rings (SSSR count). The monoisotopic (exact) mass is 204 g/mol. The summed E-state index contributed by atoms with van der Waals surface area (Å²) in [6.45, 7) is 11.8. The van der Waals surface area contributed by atoms with Crippen molar-refractivity contribution in [3.05, 3.63) is 12.2 Å². The van der Waals surface area contributed by atoms with Gasteiger partial charge >= 0.3 is 0 Å². The molecular formula is C15H24. The van der Waals surface area contributed by atoms with Crippen LogP contribution in [0.15, 0.2) is 12.2 Å². The second-order valence-electron chi connectivity index (χ2n) is 6.89. The third-order valence-corrected chi connectivity index (χ3v) is 5.92. The third-order valence-electron chi connectivity index (χ3n) is 5.92. The maximum Gasteiger partial charge on any atom is -0.0139 e. The first-order valence-corrected chi connectivity index (χ1v) is 6.71. The zero-order chi connectivity index (χ0) is 10.8. The van der Waals surface area contributed by atoms with Crippen LogP contribution in [0.25, 0.3) is 0 Å². The van der Waals surface area contributed by atoms with E-state index >= 15 is 0 Å². The molecule has 0 amide bonds. The minimum atomic E-state index is 0.635. The Morgan fingerprint density at radius 1 is 1.20 bits per heavy atom. The molecule has 0 aromatic carbocycles. The van der Waals surface area contributed by atoms with Crippen LogP contribution in [0.4, 0.5) is 0 Å². The van der Waals surface area contributed by atoms with Crippen LogP contribution < -0.4 is 0 Å². The molecule has 0 saturated heterocycles. The molecule has 0 aromatic rings. The summed E-state index contributed by atoms with van der Waals surface area (Å²) in [7, 11) is 0. The Morgan fingerprint density at radius 2 is 1.93 bits per heavy atom. The Balaban J connectivity index is 1.93. The first kappa shape index (κ1) is 9.93. The highest BCUT2D eigenvalue weighted by Gasteiger charge is 2.64. The molecule has 0 aliphatic heterocycles. The lowest BCUT2D eigenvalue weighted by Crippen LogP contribution is -2.19. The lowest BCUT2D eigenvalue weighted by molar-refractivity contribution is 0.252. The van der Waals surface area contributed by atoms with E-state index in [2.05, 4.69) is 27.4 Å². The summed E-state index contributed by atoms with van der Waals surface area (Å²) in [6, 6.07) is 0. The van der Waals surface area contributed by atoms with Gasteiger partial charge < -0.3 is 0 Å². The van der Waals surface area contributed by atoms with Gasteiger partial charge in [-0.1, -0.05) is 39.3 Å². The first-order chi connectivity index (χ1) is 7.03. The molecule has 3 aliphatic carbocycles. The van der Waals surface area contributed by atoms with E-state index in [-0.39, 0.29) is 0 Å². The summed E-state index contributed by atoms with van der Waals surface area (Å²) in [5.74, 6) is 4.84. The van der Waals surface area contributed by atoms with Gasteiger partial charge in [0.1, 0.15) is 0 Å². The van der Waals surface area contributed by atoms with Crippen LogP contribution in [-0.2, 0) is 0 Å². The Bertz CT molecular complexity index is 299. The Morgan fingerprint density at radius 3 is 2.67 bits per heavy atom. The van der Waals surface area contributed by atoms with Crippen LogP contribution in [0, 0.1) is 35.0 Å². The molecule has 3 fully saturated rings. The van der Waals surface area contributed by atoms with Crippen molar-refractivity contribution in [3.8, 4) is 0 Å². The van der Waals surface area contributed by atoms with Crippen molar-refractivity contribution in [1.82, 2.24) is 0 Å². The predicted octanol–water partition coefficient (Wildman–Crippen LogP) is 4.27. The molecule has 0 nitrogen and oxygen atoms in total. The van der Waals surface area contributed by atoms with Gasteiger partial charge in [0.05, 0.1) is 0 Å². The fraction of sp³-hybridized carbons (Fsp3) is 0.867. The van der Waals surface area contributed by atoms with Crippen LogP contribution in [0.3, 0.4) is 0 Å². The van der Waals surface area contributed by atoms with E-state index in [0.29, 0.717) is 5.41 Å². The number of hydrogen-bond acceptors (Lipinski definition) is 0. The summed E-state index contributed by atoms with van der Waals surface area (Å²) >= 11 is 0. The zero-order valence-electron chi connectivity index (χ0n) is 10.4. The van der Waals surface area contributed by atoms with Crippen LogP contribution in [0.1, 0.15) is 46.5 Å². The second-order valence-corrected chi connectivity index (χ2v) is 6.89. The largest absolute Gasteiger partial charge is 0.0996 e. The number of rotatable bonds is 0. The van der Waals surface area contributed by atoms with Gasteiger partial charge in [-0.25, -0.2) is 0 Å². The quantitative estimate of drug-likeness (QED) is 0.517. The van der Waals surface area contributed by atoms with E-state index in [1.54, 1.807) is 5.57 Å². The molecule has 3 aliphatic rings. The summed E-state index contributed by atoms with van der Waals surface area (Å²) in [5.41, 5.74) is 2.23. The van der Waals surface area contributed by atoms with Crippen molar-refractivity contribution in [2.75, 3.05) is 0 Å². The van der Waals surface area contributed by atoms with Gasteiger partial charge in [0.2, 0.25) is 0 Å². The topological polar surface area (TPSA) is 0 Å². The maximum absolute atomic E-state index is 4.36. The molecular weight excluding hydrogens is 180 g/mol. The van der Waals surface area contributed by atoms with Crippen molar-refractivity contribution in [2.45, 2.75) is 46.5 Å². The molecule has 5 atom stereocenters. The Kier molecular flexibility index (Phi) is 1.92. The third kappa shape index (κ3) is 1.20. The fourth-order valence-electron chi connectivity index (χ4n) is 4.87. The van der Waals surface area contributed by atoms with E-state index in [0.717, 1.165) is 29.6 Å². The van der Waals surface area contributed by atoms with E-state index in [9.17, 15) is 0 Å². The van der Waals surface area contributed by atoms with Gasteiger partial charge in [-0.05, 0) is 54.3 Å². The van der Waals surface area contributed by atoms with Crippen LogP contribution in [-0.4, -0.2) is 0 Å². The van der Waals surface area contributed by atoms with Gasteiger partial charge in [0.25, 0.3) is 0 Å². The SMILES string of the molecule is C=C1CC[C@@H]2[C@H]1[C@@H]1[C@H](CC[C@@H]2C)C1(C)C. The second kappa shape index (κ2) is 2.90. The van der Waals surface area contributed by atoms with Gasteiger partial charge in [0, 0.05) is 0 Å². The summed E-state index contributed by atoms with van der Waals surface area (Å²) in [6.07, 6.45) is 5.71. The van der Waals surface area contributed by atoms with Crippen LogP contribution >= 0.6 is 0 Å². The van der Waals surface area contributed by atoms with E-state index in [1.807, 2.05) is 0 Å². The normalized spacial score (nSPS) is 51.9. The molecule has 0 spiro atoms. The van der Waals surface area contributed by atoms with Crippen LogP contribution in [0.5, 0.6) is 0 Å². The number of fused-ring (bicyclic) bond motifs is 3. The molecule has 84 valence electrons. The lowest BCUT2D eigenvalue weighted by atomic mass is 9.79. The fourth-order valence-corrected chi connectivity index (χ4v) is 4.87. The van der Waals surface area contributed by atoms with Crippen molar-refractivity contribution < 1.29 is 0 Å². The Hall–Kier alpha value is -0.260. The van der Waals surface area contributed by atoms with E-state index < -0.39 is 0 Å². The van der Waals surface area contributed by atoms with Gasteiger partial charge in [-0.2, -0.15) is 0 Å². The molecule has 0 bridgehead atoms. The van der Waals surface area contributed by atoms with Crippen molar-refractivity contribution in [3.63, 3.8) is 0 Å². The minimum Gasteiger partial charge on any atom is -0.0996 e. The van der Waals surface area contributed by atoms with Crippen molar-refractivity contribution in [2.24, 2.45) is 35.0 Å². The highest BCUT2D eigenvalue weighted by molar-refractivity contribution is 5.22. The number of hydrogen-bond donors (Lipinski definition) is 0. The molecule has 3 saturated carbocycles. The molecule has 0 aromatic heterocycles. The summed E-state index contributed by atoms with van der Waals surface area (Å²) in [4.78, 5) is 0. The summed E-state index contributed by atoms with van der Waals surface area (Å²) in [5, 5.41) is 0. The number of allylic oxidation sites excluding steroid dienone is 1. The Labute approximate surface area is 94.1 Å². The van der Waals surface area contributed by atoms with Gasteiger partial charge in [0.15, 0.2) is 0 Å². The summed E-state index contributed by atoms with van der Waals surface area (Å²) < 4.78 is 0. The lowest BCUT2D eigenvalue weighted by Gasteiger charge is -2.26. The molecule has 0 N–H and O–H groups in total.